The van der Waals surface area contributed by atoms with E-state index in [0.717, 1.165) is 28.8 Å². The average molecular weight is 251 g/mol. The SMILES string of the molecule is Cc1ccc(-c2nc3ccc(CCN)cc3[nH]2)cc1. The Hall–Kier alpha value is -2.13. The number of nitrogens with two attached hydrogens (primary N) is 1. The molecule has 0 amide bonds. The maximum atomic E-state index is 5.59. The summed E-state index contributed by atoms with van der Waals surface area (Å²) in [6.07, 6.45) is 0.898. The van der Waals surface area contributed by atoms with Crippen LogP contribution in [0.15, 0.2) is 42.5 Å². The van der Waals surface area contributed by atoms with Gasteiger partial charge in [-0.3, -0.25) is 0 Å². The van der Waals surface area contributed by atoms with Crippen LogP contribution < -0.4 is 5.73 Å². The van der Waals surface area contributed by atoms with E-state index >= 15 is 0 Å². The highest BCUT2D eigenvalue weighted by molar-refractivity contribution is 5.80. The number of nitrogens with zero attached hydrogens (tertiary/aromatic N) is 1. The van der Waals surface area contributed by atoms with Gasteiger partial charge >= 0.3 is 0 Å². The Labute approximate surface area is 112 Å². The van der Waals surface area contributed by atoms with Gasteiger partial charge in [0.15, 0.2) is 0 Å². The van der Waals surface area contributed by atoms with Crippen LogP contribution in [0.2, 0.25) is 0 Å². The molecule has 3 rings (SSSR count). The highest BCUT2D eigenvalue weighted by atomic mass is 14.9. The third kappa shape index (κ3) is 2.37. The van der Waals surface area contributed by atoms with Gasteiger partial charge in [0, 0.05) is 5.56 Å². The minimum absolute atomic E-state index is 0.671. The highest BCUT2D eigenvalue weighted by Gasteiger charge is 2.05. The second kappa shape index (κ2) is 4.86. The summed E-state index contributed by atoms with van der Waals surface area (Å²) in [5, 5.41) is 0. The van der Waals surface area contributed by atoms with Gasteiger partial charge in [-0.1, -0.05) is 35.9 Å². The fourth-order valence-corrected chi connectivity index (χ4v) is 2.23. The summed E-state index contributed by atoms with van der Waals surface area (Å²) < 4.78 is 0. The molecule has 0 aliphatic rings. The van der Waals surface area contributed by atoms with Gasteiger partial charge in [0.1, 0.15) is 5.82 Å². The van der Waals surface area contributed by atoms with Crippen molar-refractivity contribution in [2.24, 2.45) is 5.73 Å². The monoisotopic (exact) mass is 251 g/mol. The van der Waals surface area contributed by atoms with Crippen molar-refractivity contribution < 1.29 is 0 Å². The number of imidazole rings is 1. The summed E-state index contributed by atoms with van der Waals surface area (Å²) in [7, 11) is 0. The lowest BCUT2D eigenvalue weighted by Crippen LogP contribution is -2.02. The first kappa shape index (κ1) is 11.9. The predicted molar refractivity (Wildman–Crippen MR) is 79.0 cm³/mol. The van der Waals surface area contributed by atoms with Crippen LogP contribution in [0.1, 0.15) is 11.1 Å². The zero-order chi connectivity index (χ0) is 13.2. The summed E-state index contributed by atoms with van der Waals surface area (Å²) >= 11 is 0. The lowest BCUT2D eigenvalue weighted by atomic mass is 10.1. The van der Waals surface area contributed by atoms with Crippen LogP contribution in [-0.2, 0) is 6.42 Å². The summed E-state index contributed by atoms with van der Waals surface area (Å²) in [4.78, 5) is 8.01. The molecule has 2 aromatic carbocycles. The number of benzene rings is 2. The van der Waals surface area contributed by atoms with E-state index in [-0.39, 0.29) is 0 Å². The van der Waals surface area contributed by atoms with Gasteiger partial charge in [0.2, 0.25) is 0 Å². The molecule has 0 bridgehead atoms. The van der Waals surface area contributed by atoms with E-state index in [9.17, 15) is 0 Å². The maximum absolute atomic E-state index is 5.59. The molecule has 3 heteroatoms. The zero-order valence-corrected chi connectivity index (χ0v) is 11.0. The van der Waals surface area contributed by atoms with E-state index in [0.29, 0.717) is 6.54 Å². The van der Waals surface area contributed by atoms with Crippen LogP contribution >= 0.6 is 0 Å². The number of rotatable bonds is 3. The van der Waals surface area contributed by atoms with Crippen LogP contribution in [0, 0.1) is 6.92 Å². The molecule has 19 heavy (non-hydrogen) atoms. The molecule has 0 saturated carbocycles. The first-order valence-electron chi connectivity index (χ1n) is 6.52. The first-order chi connectivity index (χ1) is 9.26. The van der Waals surface area contributed by atoms with Gasteiger partial charge in [-0.25, -0.2) is 4.98 Å². The van der Waals surface area contributed by atoms with Crippen molar-refractivity contribution in [2.45, 2.75) is 13.3 Å². The number of aryl methyl sites for hydroxylation is 1. The van der Waals surface area contributed by atoms with Gasteiger partial charge in [0.25, 0.3) is 0 Å². The second-order valence-electron chi connectivity index (χ2n) is 4.84. The Kier molecular flexibility index (Phi) is 3.05. The molecule has 0 atom stereocenters. The summed E-state index contributed by atoms with van der Waals surface area (Å²) in [6, 6.07) is 14.7. The number of hydrogen-bond acceptors (Lipinski definition) is 2. The average Bonchev–Trinajstić information content (AvgIpc) is 2.83. The van der Waals surface area contributed by atoms with Crippen molar-refractivity contribution in [3.63, 3.8) is 0 Å². The molecule has 0 spiro atoms. The number of hydrogen-bond donors (Lipinski definition) is 2. The zero-order valence-electron chi connectivity index (χ0n) is 11.0. The molecule has 1 aromatic heterocycles. The lowest BCUT2D eigenvalue weighted by molar-refractivity contribution is 0.970. The molecule has 0 aliphatic carbocycles. The molecule has 0 aliphatic heterocycles. The second-order valence-corrected chi connectivity index (χ2v) is 4.84. The van der Waals surface area contributed by atoms with Gasteiger partial charge in [-0.15, -0.1) is 0 Å². The van der Waals surface area contributed by atoms with Gasteiger partial charge in [-0.05, 0) is 37.6 Å². The van der Waals surface area contributed by atoms with Crippen LogP contribution in [0.4, 0.5) is 0 Å². The third-order valence-corrected chi connectivity index (χ3v) is 3.30. The Bertz CT molecular complexity index is 696. The molecule has 96 valence electrons. The molecule has 0 saturated heterocycles. The molecular formula is C16H17N3. The van der Waals surface area contributed by atoms with Gasteiger partial charge in [0.05, 0.1) is 11.0 Å². The summed E-state index contributed by atoms with van der Waals surface area (Å²) in [5.74, 6) is 0.917. The van der Waals surface area contributed by atoms with Crippen LogP contribution in [-0.4, -0.2) is 16.5 Å². The standard InChI is InChI=1S/C16H17N3/c1-11-2-5-13(6-3-11)16-18-14-7-4-12(8-9-17)10-15(14)19-16/h2-7,10H,8-9,17H2,1H3,(H,18,19). The van der Waals surface area contributed by atoms with Crippen molar-refractivity contribution in [1.82, 2.24) is 9.97 Å². The lowest BCUT2D eigenvalue weighted by Gasteiger charge is -1.97. The normalized spacial score (nSPS) is 11.1. The Morgan fingerprint density at radius 3 is 2.63 bits per heavy atom. The number of aromatic amines is 1. The van der Waals surface area contributed by atoms with Crippen LogP contribution in [0.5, 0.6) is 0 Å². The fourth-order valence-electron chi connectivity index (χ4n) is 2.23. The molecule has 3 N–H and O–H groups in total. The van der Waals surface area contributed by atoms with E-state index in [2.05, 4.69) is 59.4 Å². The number of nitrogens with one attached hydrogen (secondary N) is 1. The van der Waals surface area contributed by atoms with Crippen molar-refractivity contribution in [2.75, 3.05) is 6.54 Å². The summed E-state index contributed by atoms with van der Waals surface area (Å²) in [6.45, 7) is 2.76. The molecular weight excluding hydrogens is 234 g/mol. The van der Waals surface area contributed by atoms with E-state index < -0.39 is 0 Å². The molecule has 0 unspecified atom stereocenters. The van der Waals surface area contributed by atoms with Crippen molar-refractivity contribution in [1.29, 1.82) is 0 Å². The number of fused-ring (bicyclic) bond motifs is 1. The predicted octanol–water partition coefficient (Wildman–Crippen LogP) is 3.04. The van der Waals surface area contributed by atoms with Gasteiger partial charge in [-0.2, -0.15) is 0 Å². The topological polar surface area (TPSA) is 54.7 Å². The van der Waals surface area contributed by atoms with Crippen LogP contribution in [0.25, 0.3) is 22.4 Å². The Morgan fingerprint density at radius 1 is 1.11 bits per heavy atom. The van der Waals surface area contributed by atoms with E-state index in [4.69, 9.17) is 5.73 Å². The minimum atomic E-state index is 0.671. The van der Waals surface area contributed by atoms with Crippen molar-refractivity contribution in [3.8, 4) is 11.4 Å². The number of H-pyrrole nitrogens is 1. The molecule has 0 fully saturated rings. The maximum Gasteiger partial charge on any atom is 0.138 e. The minimum Gasteiger partial charge on any atom is -0.338 e. The van der Waals surface area contributed by atoms with E-state index in [1.165, 1.54) is 11.1 Å². The Balaban J connectivity index is 2.03. The largest absolute Gasteiger partial charge is 0.338 e. The number of aromatic nitrogens is 2. The third-order valence-electron chi connectivity index (χ3n) is 3.30. The molecule has 3 nitrogen and oxygen atoms in total. The van der Waals surface area contributed by atoms with Crippen molar-refractivity contribution in [3.05, 3.63) is 53.6 Å². The quantitative estimate of drug-likeness (QED) is 0.751. The Morgan fingerprint density at radius 2 is 1.89 bits per heavy atom. The van der Waals surface area contributed by atoms with E-state index in [1.54, 1.807) is 0 Å². The van der Waals surface area contributed by atoms with Gasteiger partial charge < -0.3 is 10.7 Å². The van der Waals surface area contributed by atoms with E-state index in [1.807, 2.05) is 0 Å². The molecule has 0 radical (unpaired) electrons. The first-order valence-corrected chi connectivity index (χ1v) is 6.52. The van der Waals surface area contributed by atoms with Crippen LogP contribution in [0.3, 0.4) is 0 Å². The summed E-state index contributed by atoms with van der Waals surface area (Å²) in [5.41, 5.74) is 11.3. The fraction of sp³-hybridized carbons (Fsp3) is 0.188. The smallest absolute Gasteiger partial charge is 0.138 e. The molecule has 3 aromatic rings. The molecule has 1 heterocycles. The highest BCUT2D eigenvalue weighted by Crippen LogP contribution is 2.21. The van der Waals surface area contributed by atoms with Crippen molar-refractivity contribution >= 4 is 11.0 Å².